The highest BCUT2D eigenvalue weighted by Gasteiger charge is 1.94. The monoisotopic (exact) mass is 115 g/mol. The highest BCUT2D eigenvalue weighted by molar-refractivity contribution is 5.75. The van der Waals surface area contributed by atoms with Gasteiger partial charge in [0.2, 0.25) is 0 Å². The van der Waals surface area contributed by atoms with E-state index in [4.69, 9.17) is 9.47 Å². The van der Waals surface area contributed by atoms with Crippen LogP contribution in [0.25, 0.3) is 0 Å². The Morgan fingerprint density at radius 2 is 1.00 bits per heavy atom. The molecule has 1 fully saturated rings. The van der Waals surface area contributed by atoms with Crippen molar-refractivity contribution in [1.82, 2.24) is 0 Å². The zero-order chi connectivity index (χ0) is 4.24. The lowest BCUT2D eigenvalue weighted by molar-refractivity contribution is -0.0334. The minimum absolute atomic E-state index is 0. The molecular formula is C5H12BO2. The van der Waals surface area contributed by atoms with Gasteiger partial charge in [0.15, 0.2) is 0 Å². The first-order chi connectivity index (χ1) is 3.00. The fourth-order valence-electron chi connectivity index (χ4n) is 0.440. The molecule has 1 heterocycles. The standard InChI is InChI=1S/C4H8O2.CH4.B/c1-2-6-4-3-5-1;;/h1-4H2;1H4;. The van der Waals surface area contributed by atoms with Gasteiger partial charge in [-0.25, -0.2) is 0 Å². The van der Waals surface area contributed by atoms with Crippen molar-refractivity contribution in [3.63, 3.8) is 0 Å². The van der Waals surface area contributed by atoms with E-state index in [9.17, 15) is 0 Å². The Morgan fingerprint density at radius 3 is 1.12 bits per heavy atom. The summed E-state index contributed by atoms with van der Waals surface area (Å²) >= 11 is 0. The molecule has 8 heavy (non-hydrogen) atoms. The van der Waals surface area contributed by atoms with Gasteiger partial charge in [-0.1, -0.05) is 7.43 Å². The summed E-state index contributed by atoms with van der Waals surface area (Å²) in [6.45, 7) is 3.11. The van der Waals surface area contributed by atoms with Crippen molar-refractivity contribution >= 4 is 8.41 Å². The minimum Gasteiger partial charge on any atom is -0.377 e. The molecule has 3 radical (unpaired) electrons. The second kappa shape index (κ2) is 6.98. The van der Waals surface area contributed by atoms with Crippen molar-refractivity contribution in [1.29, 1.82) is 0 Å². The fraction of sp³-hybridized carbons (Fsp3) is 1.00. The molecule has 0 aromatic carbocycles. The van der Waals surface area contributed by atoms with Gasteiger partial charge >= 0.3 is 0 Å². The quantitative estimate of drug-likeness (QED) is 0.422. The molecule has 0 unspecified atom stereocenters. The Bertz CT molecular complexity index is 25.9. The molecule has 0 aliphatic carbocycles. The summed E-state index contributed by atoms with van der Waals surface area (Å²) in [5.74, 6) is 0. The lowest BCUT2D eigenvalue weighted by atomic mass is 10.6. The Morgan fingerprint density at radius 1 is 0.750 bits per heavy atom. The number of ether oxygens (including phenoxy) is 2. The summed E-state index contributed by atoms with van der Waals surface area (Å²) in [5.41, 5.74) is 0. The average Bonchev–Trinajstić information content (AvgIpc) is 1.72. The maximum atomic E-state index is 4.94. The molecule has 1 saturated heterocycles. The van der Waals surface area contributed by atoms with E-state index in [1.54, 1.807) is 0 Å². The van der Waals surface area contributed by atoms with Gasteiger partial charge in [-0.05, 0) is 0 Å². The second-order valence-electron chi connectivity index (χ2n) is 1.22. The fourth-order valence-corrected chi connectivity index (χ4v) is 0.440. The van der Waals surface area contributed by atoms with Crippen LogP contribution in [0.4, 0.5) is 0 Å². The Labute approximate surface area is 52.7 Å². The van der Waals surface area contributed by atoms with Crippen molar-refractivity contribution in [2.24, 2.45) is 0 Å². The van der Waals surface area contributed by atoms with Crippen LogP contribution in [-0.2, 0) is 9.47 Å². The van der Waals surface area contributed by atoms with Gasteiger partial charge in [-0.3, -0.25) is 0 Å². The van der Waals surface area contributed by atoms with Gasteiger partial charge in [0, 0.05) is 8.41 Å². The van der Waals surface area contributed by atoms with Gasteiger partial charge in [-0.2, -0.15) is 0 Å². The minimum atomic E-state index is 0. The zero-order valence-corrected chi connectivity index (χ0v) is 4.22. The van der Waals surface area contributed by atoms with Crippen molar-refractivity contribution in [3.05, 3.63) is 0 Å². The van der Waals surface area contributed by atoms with Crippen LogP contribution in [0.1, 0.15) is 7.43 Å². The molecule has 0 saturated carbocycles. The van der Waals surface area contributed by atoms with Crippen LogP contribution in [-0.4, -0.2) is 34.8 Å². The molecular weight excluding hydrogens is 103 g/mol. The first-order valence-electron chi connectivity index (χ1n) is 2.15. The maximum Gasteiger partial charge on any atom is 0.0701 e. The van der Waals surface area contributed by atoms with Crippen LogP contribution in [0.2, 0.25) is 0 Å². The van der Waals surface area contributed by atoms with Gasteiger partial charge in [0.25, 0.3) is 0 Å². The van der Waals surface area contributed by atoms with Gasteiger partial charge in [0.1, 0.15) is 0 Å². The Kier molecular flexibility index (Phi) is 9.50. The summed E-state index contributed by atoms with van der Waals surface area (Å²) in [6.07, 6.45) is 0. The van der Waals surface area contributed by atoms with Crippen LogP contribution >= 0.6 is 0 Å². The van der Waals surface area contributed by atoms with Crippen molar-refractivity contribution < 1.29 is 9.47 Å². The van der Waals surface area contributed by atoms with Crippen LogP contribution in [0, 0.1) is 0 Å². The van der Waals surface area contributed by atoms with E-state index >= 15 is 0 Å². The third-order valence-electron chi connectivity index (χ3n) is 0.744. The molecule has 3 heteroatoms. The average molecular weight is 115 g/mol. The first-order valence-corrected chi connectivity index (χ1v) is 2.15. The van der Waals surface area contributed by atoms with Crippen LogP contribution < -0.4 is 0 Å². The Hall–Kier alpha value is -0.0151. The summed E-state index contributed by atoms with van der Waals surface area (Å²) in [7, 11) is 0. The van der Waals surface area contributed by atoms with E-state index in [-0.39, 0.29) is 15.8 Å². The number of rotatable bonds is 0. The van der Waals surface area contributed by atoms with E-state index in [2.05, 4.69) is 0 Å². The molecule has 0 bridgehead atoms. The predicted molar refractivity (Wildman–Crippen MR) is 34.1 cm³/mol. The summed E-state index contributed by atoms with van der Waals surface area (Å²) in [5, 5.41) is 0. The molecule has 2 nitrogen and oxygen atoms in total. The summed E-state index contributed by atoms with van der Waals surface area (Å²) in [6, 6.07) is 0. The molecule has 47 valence electrons. The van der Waals surface area contributed by atoms with Crippen molar-refractivity contribution in [2.45, 2.75) is 7.43 Å². The highest BCUT2D eigenvalue weighted by atomic mass is 16.6. The van der Waals surface area contributed by atoms with E-state index in [0.29, 0.717) is 0 Å². The van der Waals surface area contributed by atoms with Gasteiger partial charge < -0.3 is 9.47 Å². The van der Waals surface area contributed by atoms with E-state index in [1.165, 1.54) is 0 Å². The normalized spacial score (nSPS) is 18.0. The Balaban J connectivity index is 0. The third-order valence-corrected chi connectivity index (χ3v) is 0.744. The molecule has 0 aromatic rings. The van der Waals surface area contributed by atoms with Crippen LogP contribution in [0.5, 0.6) is 0 Å². The molecule has 1 aliphatic heterocycles. The maximum absolute atomic E-state index is 4.94. The largest absolute Gasteiger partial charge is 0.377 e. The second-order valence-corrected chi connectivity index (χ2v) is 1.22. The molecule has 0 amide bonds. The molecule has 0 atom stereocenters. The summed E-state index contributed by atoms with van der Waals surface area (Å²) < 4.78 is 9.89. The van der Waals surface area contributed by atoms with E-state index < -0.39 is 0 Å². The highest BCUT2D eigenvalue weighted by Crippen LogP contribution is 1.85. The molecule has 0 N–H and O–H groups in total. The molecule has 0 aromatic heterocycles. The van der Waals surface area contributed by atoms with Gasteiger partial charge in [-0.15, -0.1) is 0 Å². The lowest BCUT2D eigenvalue weighted by Gasteiger charge is -2.09. The smallest absolute Gasteiger partial charge is 0.0701 e. The zero-order valence-electron chi connectivity index (χ0n) is 4.22. The topological polar surface area (TPSA) is 18.5 Å². The predicted octanol–water partition coefficient (Wildman–Crippen LogP) is 0.288. The molecule has 0 spiro atoms. The number of hydrogen-bond acceptors (Lipinski definition) is 2. The summed E-state index contributed by atoms with van der Waals surface area (Å²) in [4.78, 5) is 0. The van der Waals surface area contributed by atoms with Crippen molar-refractivity contribution in [2.75, 3.05) is 26.4 Å². The van der Waals surface area contributed by atoms with Crippen LogP contribution in [0.3, 0.4) is 0 Å². The van der Waals surface area contributed by atoms with Crippen LogP contribution in [0.15, 0.2) is 0 Å². The third kappa shape index (κ3) is 4.15. The van der Waals surface area contributed by atoms with E-state index in [1.807, 2.05) is 0 Å². The SMILES string of the molecule is C.C1COCCO1.[B]. The molecule has 1 aliphatic rings. The van der Waals surface area contributed by atoms with Crippen molar-refractivity contribution in [3.8, 4) is 0 Å². The molecule has 1 rings (SSSR count). The first kappa shape index (κ1) is 10.9. The lowest BCUT2D eigenvalue weighted by Crippen LogP contribution is -2.16. The van der Waals surface area contributed by atoms with E-state index in [0.717, 1.165) is 26.4 Å². The number of hydrogen-bond donors (Lipinski definition) is 0. The van der Waals surface area contributed by atoms with Gasteiger partial charge in [0.05, 0.1) is 26.4 Å².